The molecule has 0 spiro atoms. The van der Waals surface area contributed by atoms with Crippen molar-refractivity contribution in [1.29, 1.82) is 0 Å². The summed E-state index contributed by atoms with van der Waals surface area (Å²) in [6, 6.07) is 9.48. The summed E-state index contributed by atoms with van der Waals surface area (Å²) >= 11 is 0. The molecule has 0 bridgehead atoms. The van der Waals surface area contributed by atoms with Gasteiger partial charge in [-0.05, 0) is 18.4 Å². The number of carbonyl (C=O) groups is 3. The van der Waals surface area contributed by atoms with Gasteiger partial charge in [-0.25, -0.2) is 0 Å². The Bertz CT molecular complexity index is 570. The maximum Gasteiger partial charge on any atom is 0.303 e. The van der Waals surface area contributed by atoms with Crippen molar-refractivity contribution in [2.24, 2.45) is 0 Å². The van der Waals surface area contributed by atoms with Crippen LogP contribution in [0.5, 0.6) is 0 Å². The summed E-state index contributed by atoms with van der Waals surface area (Å²) in [5, 5.41) is 8.56. The van der Waals surface area contributed by atoms with E-state index in [1.807, 2.05) is 30.3 Å². The Morgan fingerprint density at radius 2 is 1.62 bits per heavy atom. The quantitative estimate of drug-likeness (QED) is 0.527. The molecule has 1 unspecified atom stereocenters. The smallest absolute Gasteiger partial charge is 0.303 e. The SMILES string of the molecule is O=C(O)CCCCCCCCN1C(=O)CC(c2ccccc2)C1=O. The molecule has 0 radical (unpaired) electrons. The van der Waals surface area contributed by atoms with Gasteiger partial charge in [-0.15, -0.1) is 0 Å². The molecule has 2 rings (SSSR count). The van der Waals surface area contributed by atoms with E-state index in [-0.39, 0.29) is 30.6 Å². The van der Waals surface area contributed by atoms with E-state index in [0.29, 0.717) is 6.54 Å². The molecule has 130 valence electrons. The van der Waals surface area contributed by atoms with Crippen LogP contribution in [0.15, 0.2) is 30.3 Å². The lowest BCUT2D eigenvalue weighted by Gasteiger charge is -2.15. The minimum Gasteiger partial charge on any atom is -0.481 e. The number of likely N-dealkylation sites (tertiary alicyclic amines) is 1. The molecular weight excluding hydrogens is 306 g/mol. The standard InChI is InChI=1S/C19H25NO4/c21-17-14-16(15-10-6-5-7-11-15)19(24)20(17)13-9-4-2-1-3-8-12-18(22)23/h5-7,10-11,16H,1-4,8-9,12-14H2,(H,22,23). The van der Waals surface area contributed by atoms with Gasteiger partial charge in [-0.3, -0.25) is 19.3 Å². The Labute approximate surface area is 142 Å². The van der Waals surface area contributed by atoms with E-state index in [0.717, 1.165) is 44.1 Å². The summed E-state index contributed by atoms with van der Waals surface area (Å²) in [7, 11) is 0. The second kappa shape index (κ2) is 9.21. The lowest BCUT2D eigenvalue weighted by atomic mass is 9.98. The average molecular weight is 331 g/mol. The van der Waals surface area contributed by atoms with Gasteiger partial charge in [0.2, 0.25) is 11.8 Å². The van der Waals surface area contributed by atoms with Crippen LogP contribution in [-0.4, -0.2) is 34.3 Å². The van der Waals surface area contributed by atoms with Gasteiger partial charge in [0.05, 0.1) is 5.92 Å². The summed E-state index contributed by atoms with van der Waals surface area (Å²) in [5.74, 6) is -1.22. The van der Waals surface area contributed by atoms with E-state index in [4.69, 9.17) is 5.11 Å². The number of nitrogens with zero attached hydrogens (tertiary/aromatic N) is 1. The van der Waals surface area contributed by atoms with Crippen LogP contribution < -0.4 is 0 Å². The van der Waals surface area contributed by atoms with Crippen molar-refractivity contribution < 1.29 is 19.5 Å². The lowest BCUT2D eigenvalue weighted by Crippen LogP contribution is -2.31. The van der Waals surface area contributed by atoms with E-state index in [2.05, 4.69) is 0 Å². The van der Waals surface area contributed by atoms with Crippen molar-refractivity contribution in [2.45, 2.75) is 57.3 Å². The van der Waals surface area contributed by atoms with Gasteiger partial charge >= 0.3 is 5.97 Å². The molecule has 2 amide bonds. The highest BCUT2D eigenvalue weighted by molar-refractivity contribution is 6.06. The number of carbonyl (C=O) groups excluding carboxylic acids is 2. The van der Waals surface area contributed by atoms with Crippen molar-refractivity contribution >= 4 is 17.8 Å². The molecule has 0 aromatic heterocycles. The number of hydrogen-bond donors (Lipinski definition) is 1. The molecule has 0 aliphatic carbocycles. The van der Waals surface area contributed by atoms with Crippen LogP contribution in [0.4, 0.5) is 0 Å². The zero-order chi connectivity index (χ0) is 17.4. The Morgan fingerprint density at radius 1 is 1.00 bits per heavy atom. The molecule has 5 heteroatoms. The van der Waals surface area contributed by atoms with Crippen LogP contribution in [0.3, 0.4) is 0 Å². The van der Waals surface area contributed by atoms with Crippen LogP contribution in [-0.2, 0) is 14.4 Å². The summed E-state index contributed by atoms with van der Waals surface area (Å²) in [4.78, 5) is 36.3. The zero-order valence-corrected chi connectivity index (χ0v) is 13.9. The first-order chi connectivity index (χ1) is 11.6. The van der Waals surface area contributed by atoms with Crippen molar-refractivity contribution in [3.05, 3.63) is 35.9 Å². The van der Waals surface area contributed by atoms with Gasteiger partial charge in [0, 0.05) is 19.4 Å². The number of benzene rings is 1. The van der Waals surface area contributed by atoms with Crippen molar-refractivity contribution in [3.8, 4) is 0 Å². The fourth-order valence-corrected chi connectivity index (χ4v) is 3.12. The fraction of sp³-hybridized carbons (Fsp3) is 0.526. The van der Waals surface area contributed by atoms with Crippen molar-refractivity contribution in [1.82, 2.24) is 4.90 Å². The van der Waals surface area contributed by atoms with Crippen molar-refractivity contribution in [3.63, 3.8) is 0 Å². The maximum atomic E-state index is 12.4. The monoisotopic (exact) mass is 331 g/mol. The highest BCUT2D eigenvalue weighted by Crippen LogP contribution is 2.29. The molecule has 1 heterocycles. The van der Waals surface area contributed by atoms with Crippen molar-refractivity contribution in [2.75, 3.05) is 6.54 Å². The minimum absolute atomic E-state index is 0.0738. The van der Waals surface area contributed by atoms with Gasteiger partial charge in [0.25, 0.3) is 0 Å². The molecule has 5 nitrogen and oxygen atoms in total. The molecule has 1 aromatic carbocycles. The van der Waals surface area contributed by atoms with Gasteiger partial charge in [0.15, 0.2) is 0 Å². The second-order valence-corrected chi connectivity index (χ2v) is 6.32. The maximum absolute atomic E-state index is 12.4. The Balaban J connectivity index is 1.67. The Morgan fingerprint density at radius 3 is 2.29 bits per heavy atom. The predicted molar refractivity (Wildman–Crippen MR) is 90.5 cm³/mol. The number of hydrogen-bond acceptors (Lipinski definition) is 3. The molecule has 1 atom stereocenters. The van der Waals surface area contributed by atoms with Crippen LogP contribution in [0.1, 0.15) is 62.8 Å². The number of carboxylic acids is 1. The minimum atomic E-state index is -0.742. The van der Waals surface area contributed by atoms with Crippen LogP contribution >= 0.6 is 0 Å². The van der Waals surface area contributed by atoms with E-state index in [1.54, 1.807) is 0 Å². The van der Waals surface area contributed by atoms with Gasteiger partial charge in [-0.1, -0.05) is 56.0 Å². The van der Waals surface area contributed by atoms with Gasteiger partial charge in [-0.2, -0.15) is 0 Å². The second-order valence-electron chi connectivity index (χ2n) is 6.32. The van der Waals surface area contributed by atoms with E-state index >= 15 is 0 Å². The Kier molecular flexibility index (Phi) is 6.97. The molecule has 1 aliphatic rings. The number of imide groups is 1. The zero-order valence-electron chi connectivity index (χ0n) is 13.9. The van der Waals surface area contributed by atoms with Crippen LogP contribution in [0.2, 0.25) is 0 Å². The molecule has 1 saturated heterocycles. The third-order valence-electron chi connectivity index (χ3n) is 4.47. The van der Waals surface area contributed by atoms with Crippen LogP contribution in [0, 0.1) is 0 Å². The summed E-state index contributed by atoms with van der Waals surface area (Å²) in [6.45, 7) is 0.496. The average Bonchev–Trinajstić information content (AvgIpc) is 2.85. The Hall–Kier alpha value is -2.17. The van der Waals surface area contributed by atoms with E-state index < -0.39 is 5.97 Å². The van der Waals surface area contributed by atoms with Gasteiger partial charge in [0.1, 0.15) is 0 Å². The highest BCUT2D eigenvalue weighted by atomic mass is 16.4. The molecule has 1 aliphatic heterocycles. The number of unbranched alkanes of at least 4 members (excludes halogenated alkanes) is 5. The molecule has 1 aromatic rings. The molecule has 0 saturated carbocycles. The summed E-state index contributed by atoms with van der Waals surface area (Å²) in [6.07, 6.45) is 5.94. The number of amides is 2. The van der Waals surface area contributed by atoms with E-state index in [1.165, 1.54) is 4.90 Å². The first-order valence-corrected chi connectivity index (χ1v) is 8.70. The predicted octanol–water partition coefficient (Wildman–Crippen LogP) is 3.34. The number of rotatable bonds is 10. The molecule has 1 N–H and O–H groups in total. The number of carboxylic acid groups (broad SMARTS) is 1. The normalized spacial score (nSPS) is 17.5. The fourth-order valence-electron chi connectivity index (χ4n) is 3.12. The topological polar surface area (TPSA) is 74.7 Å². The van der Waals surface area contributed by atoms with E-state index in [9.17, 15) is 14.4 Å². The highest BCUT2D eigenvalue weighted by Gasteiger charge is 2.38. The summed E-state index contributed by atoms with van der Waals surface area (Å²) < 4.78 is 0. The first-order valence-electron chi connectivity index (χ1n) is 8.70. The van der Waals surface area contributed by atoms with Crippen LogP contribution in [0.25, 0.3) is 0 Å². The summed E-state index contributed by atoms with van der Waals surface area (Å²) in [5.41, 5.74) is 0.914. The third kappa shape index (κ3) is 5.18. The first kappa shape index (κ1) is 18.2. The number of aliphatic carboxylic acids is 1. The molecule has 24 heavy (non-hydrogen) atoms. The van der Waals surface area contributed by atoms with Gasteiger partial charge < -0.3 is 5.11 Å². The molecule has 1 fully saturated rings. The third-order valence-corrected chi connectivity index (χ3v) is 4.47. The largest absolute Gasteiger partial charge is 0.481 e. The molecular formula is C19H25NO4. The lowest BCUT2D eigenvalue weighted by molar-refractivity contribution is -0.139.